The van der Waals surface area contributed by atoms with Gasteiger partial charge in [-0.15, -0.1) is 11.6 Å². The Morgan fingerprint density at radius 3 is 2.87 bits per heavy atom. The number of nitrogens with one attached hydrogen (secondary N) is 1. The fourth-order valence-electron chi connectivity index (χ4n) is 1.16. The number of alkyl halides is 1. The van der Waals surface area contributed by atoms with Crippen LogP contribution in [-0.4, -0.2) is 11.0 Å². The molecule has 80 valence electrons. The average Bonchev–Trinajstić information content (AvgIpc) is 2.20. The van der Waals surface area contributed by atoms with Gasteiger partial charge in [-0.1, -0.05) is 30.4 Å². The van der Waals surface area contributed by atoms with Crippen LogP contribution >= 0.6 is 23.8 Å². The van der Waals surface area contributed by atoms with Crippen molar-refractivity contribution in [1.29, 1.82) is 0 Å². The molecule has 1 rings (SSSR count). The molecule has 0 spiro atoms. The Morgan fingerprint density at radius 1 is 1.47 bits per heavy atom. The maximum Gasteiger partial charge on any atom is 0.168 e. The molecule has 0 aromatic heterocycles. The zero-order valence-corrected chi connectivity index (χ0v) is 9.81. The molecular weight excluding hydrogens is 228 g/mol. The number of allylic oxidation sites excluding steroid dienone is 1. The minimum absolute atomic E-state index is 0.271. The number of hydrogen-bond acceptors (Lipinski definition) is 1. The summed E-state index contributed by atoms with van der Waals surface area (Å²) in [6, 6.07) is 7.81. The van der Waals surface area contributed by atoms with Crippen molar-refractivity contribution < 1.29 is 0 Å². The zero-order valence-electron chi connectivity index (χ0n) is 8.24. The molecule has 0 aliphatic carbocycles. The summed E-state index contributed by atoms with van der Waals surface area (Å²) in [5.41, 5.74) is 7.39. The van der Waals surface area contributed by atoms with Gasteiger partial charge in [0.15, 0.2) is 5.11 Å². The number of para-hydroxylation sites is 1. The molecule has 0 unspecified atom stereocenters. The standard InChI is InChI=1S/C11H13ClN2S/c12-8-4-3-6-9-5-1-2-7-10(9)14-11(13)15/h1-3,5-7H,4,8H2,(H3,13,14,15). The second-order valence-electron chi connectivity index (χ2n) is 2.96. The van der Waals surface area contributed by atoms with Gasteiger partial charge in [0, 0.05) is 11.6 Å². The van der Waals surface area contributed by atoms with Crippen LogP contribution in [0.1, 0.15) is 12.0 Å². The normalized spacial score (nSPS) is 10.5. The van der Waals surface area contributed by atoms with E-state index in [-0.39, 0.29) is 5.11 Å². The molecule has 0 heterocycles. The van der Waals surface area contributed by atoms with Gasteiger partial charge in [0.05, 0.1) is 0 Å². The first kappa shape index (κ1) is 12.0. The Labute approximate surface area is 100 Å². The van der Waals surface area contributed by atoms with Gasteiger partial charge in [0.2, 0.25) is 0 Å². The van der Waals surface area contributed by atoms with Gasteiger partial charge < -0.3 is 11.1 Å². The van der Waals surface area contributed by atoms with Gasteiger partial charge in [-0.05, 0) is 30.3 Å². The first-order chi connectivity index (χ1) is 7.24. The van der Waals surface area contributed by atoms with Crippen LogP contribution in [0, 0.1) is 0 Å². The van der Waals surface area contributed by atoms with Crippen molar-refractivity contribution in [2.24, 2.45) is 5.73 Å². The molecule has 3 N–H and O–H groups in total. The van der Waals surface area contributed by atoms with Gasteiger partial charge in [-0.2, -0.15) is 0 Å². The SMILES string of the molecule is NC(=S)Nc1ccccc1C=CCCCl. The van der Waals surface area contributed by atoms with Crippen molar-refractivity contribution in [3.05, 3.63) is 35.9 Å². The Kier molecular flexibility index (Phi) is 5.15. The number of rotatable bonds is 4. The van der Waals surface area contributed by atoms with E-state index in [2.05, 4.69) is 5.32 Å². The van der Waals surface area contributed by atoms with E-state index in [9.17, 15) is 0 Å². The van der Waals surface area contributed by atoms with Gasteiger partial charge in [0.25, 0.3) is 0 Å². The molecule has 0 saturated heterocycles. The highest BCUT2D eigenvalue weighted by Crippen LogP contribution is 2.16. The molecule has 0 saturated carbocycles. The molecule has 15 heavy (non-hydrogen) atoms. The van der Waals surface area contributed by atoms with Crippen molar-refractivity contribution in [3.63, 3.8) is 0 Å². The van der Waals surface area contributed by atoms with Gasteiger partial charge >= 0.3 is 0 Å². The first-order valence-electron chi connectivity index (χ1n) is 4.62. The van der Waals surface area contributed by atoms with E-state index >= 15 is 0 Å². The lowest BCUT2D eigenvalue weighted by Gasteiger charge is -2.06. The molecule has 0 atom stereocenters. The van der Waals surface area contributed by atoms with E-state index in [0.29, 0.717) is 5.88 Å². The second kappa shape index (κ2) is 6.43. The first-order valence-corrected chi connectivity index (χ1v) is 5.56. The van der Waals surface area contributed by atoms with Crippen LogP contribution < -0.4 is 11.1 Å². The molecular formula is C11H13ClN2S. The number of hydrogen-bond donors (Lipinski definition) is 2. The van der Waals surface area contributed by atoms with E-state index in [1.165, 1.54) is 0 Å². The second-order valence-corrected chi connectivity index (χ2v) is 3.77. The van der Waals surface area contributed by atoms with Crippen LogP contribution in [-0.2, 0) is 0 Å². The predicted molar refractivity (Wildman–Crippen MR) is 71.2 cm³/mol. The van der Waals surface area contributed by atoms with Gasteiger partial charge in [0.1, 0.15) is 0 Å². The Morgan fingerprint density at radius 2 is 2.20 bits per heavy atom. The molecule has 1 aromatic rings. The Bertz CT molecular complexity index is 363. The maximum atomic E-state index is 5.58. The molecule has 1 aromatic carbocycles. The fourth-order valence-corrected chi connectivity index (χ4v) is 1.40. The quantitative estimate of drug-likeness (QED) is 0.628. The minimum atomic E-state index is 0.271. The summed E-state index contributed by atoms with van der Waals surface area (Å²) >= 11 is 10.4. The van der Waals surface area contributed by atoms with Crippen LogP contribution in [0.4, 0.5) is 5.69 Å². The predicted octanol–water partition coefficient (Wildman–Crippen LogP) is 2.98. The Hall–Kier alpha value is -1.06. The third kappa shape index (κ3) is 4.32. The summed E-state index contributed by atoms with van der Waals surface area (Å²) in [6.45, 7) is 0. The number of thiocarbonyl (C=S) groups is 1. The summed E-state index contributed by atoms with van der Waals surface area (Å²) in [5.74, 6) is 0.626. The highest BCUT2D eigenvalue weighted by molar-refractivity contribution is 7.80. The topological polar surface area (TPSA) is 38.0 Å². The minimum Gasteiger partial charge on any atom is -0.376 e. The van der Waals surface area contributed by atoms with Crippen LogP contribution in [0.2, 0.25) is 0 Å². The number of nitrogens with two attached hydrogens (primary N) is 1. The van der Waals surface area contributed by atoms with E-state index < -0.39 is 0 Å². The van der Waals surface area contributed by atoms with E-state index in [0.717, 1.165) is 17.7 Å². The van der Waals surface area contributed by atoms with Crippen molar-refractivity contribution in [1.82, 2.24) is 0 Å². The molecule has 0 radical (unpaired) electrons. The third-order valence-corrected chi connectivity index (χ3v) is 2.11. The molecule has 4 heteroatoms. The fraction of sp³-hybridized carbons (Fsp3) is 0.182. The highest BCUT2D eigenvalue weighted by Gasteiger charge is 1.97. The molecule has 0 aliphatic rings. The molecule has 0 fully saturated rings. The number of anilines is 1. The molecule has 2 nitrogen and oxygen atoms in total. The van der Waals surface area contributed by atoms with Crippen LogP contribution in [0.15, 0.2) is 30.3 Å². The van der Waals surface area contributed by atoms with Crippen LogP contribution in [0.25, 0.3) is 6.08 Å². The zero-order chi connectivity index (χ0) is 11.1. The van der Waals surface area contributed by atoms with Crippen LogP contribution in [0.5, 0.6) is 0 Å². The summed E-state index contributed by atoms with van der Waals surface area (Å²) in [4.78, 5) is 0. The van der Waals surface area contributed by atoms with Gasteiger partial charge in [-0.3, -0.25) is 0 Å². The number of halogens is 1. The van der Waals surface area contributed by atoms with Crippen molar-refractivity contribution in [3.8, 4) is 0 Å². The lowest BCUT2D eigenvalue weighted by Crippen LogP contribution is -2.19. The highest BCUT2D eigenvalue weighted by atomic mass is 35.5. The van der Waals surface area contributed by atoms with Crippen molar-refractivity contribution >= 4 is 40.7 Å². The summed E-state index contributed by atoms with van der Waals surface area (Å²) in [6.07, 6.45) is 4.87. The monoisotopic (exact) mass is 240 g/mol. The van der Waals surface area contributed by atoms with E-state index in [1.54, 1.807) is 0 Å². The summed E-state index contributed by atoms with van der Waals surface area (Å²) in [7, 11) is 0. The molecule has 0 bridgehead atoms. The van der Waals surface area contributed by atoms with E-state index in [4.69, 9.17) is 29.6 Å². The third-order valence-electron chi connectivity index (χ3n) is 1.79. The van der Waals surface area contributed by atoms with Crippen molar-refractivity contribution in [2.75, 3.05) is 11.2 Å². The number of benzene rings is 1. The Balaban J connectivity index is 2.81. The van der Waals surface area contributed by atoms with E-state index in [1.807, 2.05) is 36.4 Å². The van der Waals surface area contributed by atoms with Crippen LogP contribution in [0.3, 0.4) is 0 Å². The average molecular weight is 241 g/mol. The largest absolute Gasteiger partial charge is 0.376 e. The summed E-state index contributed by atoms with van der Waals surface area (Å²) in [5, 5.41) is 3.20. The smallest absolute Gasteiger partial charge is 0.168 e. The molecule has 0 aliphatic heterocycles. The van der Waals surface area contributed by atoms with Crippen molar-refractivity contribution in [2.45, 2.75) is 6.42 Å². The summed E-state index contributed by atoms with van der Waals surface area (Å²) < 4.78 is 0. The maximum absolute atomic E-state index is 5.58. The lowest BCUT2D eigenvalue weighted by molar-refractivity contribution is 1.24. The molecule has 0 amide bonds. The van der Waals surface area contributed by atoms with Gasteiger partial charge in [-0.25, -0.2) is 0 Å². The lowest BCUT2D eigenvalue weighted by atomic mass is 10.1.